The molecular weight excluding hydrogens is 424 g/mol. The van der Waals surface area contributed by atoms with Gasteiger partial charge in [0.2, 0.25) is 5.91 Å². The molecule has 1 aliphatic heterocycles. The first-order valence-corrected chi connectivity index (χ1v) is 11.0. The molecule has 3 aromatic rings. The number of halogens is 1. The van der Waals surface area contributed by atoms with E-state index in [0.29, 0.717) is 36.0 Å². The van der Waals surface area contributed by atoms with Gasteiger partial charge >= 0.3 is 0 Å². The van der Waals surface area contributed by atoms with Gasteiger partial charge in [0.05, 0.1) is 5.92 Å². The molecule has 6 heteroatoms. The zero-order valence-electron chi connectivity index (χ0n) is 17.9. The lowest BCUT2D eigenvalue weighted by atomic mass is 9.95. The number of amides is 2. The Morgan fingerprint density at radius 3 is 2.56 bits per heavy atom. The average Bonchev–Trinajstić information content (AvgIpc) is 2.95. The van der Waals surface area contributed by atoms with Crippen LogP contribution in [0.4, 0.5) is 5.69 Å². The zero-order valence-corrected chi connectivity index (χ0v) is 18.6. The average molecular weight is 449 g/mol. The Morgan fingerprint density at radius 2 is 1.84 bits per heavy atom. The molecule has 0 aliphatic carbocycles. The highest BCUT2D eigenvalue weighted by Gasteiger charge is 2.23. The lowest BCUT2D eigenvalue weighted by molar-refractivity contribution is -0.133. The van der Waals surface area contributed by atoms with Crippen LogP contribution in [-0.2, 0) is 22.7 Å². The molecule has 0 radical (unpaired) electrons. The smallest absolute Gasteiger partial charge is 0.261 e. The Morgan fingerprint density at radius 1 is 1.09 bits per heavy atom. The summed E-state index contributed by atoms with van der Waals surface area (Å²) < 4.78 is 5.72. The third-order valence-electron chi connectivity index (χ3n) is 5.61. The quantitative estimate of drug-likeness (QED) is 0.549. The van der Waals surface area contributed by atoms with E-state index in [4.69, 9.17) is 16.3 Å². The summed E-state index contributed by atoms with van der Waals surface area (Å²) in [6, 6.07) is 22.7. The van der Waals surface area contributed by atoms with Crippen molar-refractivity contribution in [3.05, 3.63) is 94.5 Å². The van der Waals surface area contributed by atoms with E-state index in [-0.39, 0.29) is 24.3 Å². The Hall–Kier alpha value is -3.31. The SMILES string of the molecule is CC[C@H](C(=O)Nc1ccc2c(c1)CN(Cc1ccc(Cl)cc1)C(=O)CO2)c1ccccc1. The van der Waals surface area contributed by atoms with Crippen LogP contribution in [0.5, 0.6) is 5.75 Å². The van der Waals surface area contributed by atoms with Crippen LogP contribution in [0.3, 0.4) is 0 Å². The van der Waals surface area contributed by atoms with Crippen molar-refractivity contribution >= 4 is 29.1 Å². The van der Waals surface area contributed by atoms with Gasteiger partial charge in [0.1, 0.15) is 5.75 Å². The second-order valence-corrected chi connectivity index (χ2v) is 8.28. The van der Waals surface area contributed by atoms with Crippen molar-refractivity contribution in [2.75, 3.05) is 11.9 Å². The molecule has 5 nitrogen and oxygen atoms in total. The molecular formula is C26H25ClN2O3. The summed E-state index contributed by atoms with van der Waals surface area (Å²) in [5.41, 5.74) is 3.53. The molecule has 0 saturated heterocycles. The minimum absolute atomic E-state index is 0.0157. The molecule has 0 spiro atoms. The third-order valence-corrected chi connectivity index (χ3v) is 5.86. The van der Waals surface area contributed by atoms with Crippen LogP contribution in [-0.4, -0.2) is 23.3 Å². The number of fused-ring (bicyclic) bond motifs is 1. The summed E-state index contributed by atoms with van der Waals surface area (Å²) in [5, 5.41) is 3.69. The normalized spacial score (nSPS) is 14.2. The van der Waals surface area contributed by atoms with Gasteiger partial charge in [-0.1, -0.05) is 61.0 Å². The fourth-order valence-corrected chi connectivity index (χ4v) is 4.01. The first-order valence-electron chi connectivity index (χ1n) is 10.7. The van der Waals surface area contributed by atoms with Crippen LogP contribution < -0.4 is 10.1 Å². The predicted molar refractivity (Wildman–Crippen MR) is 126 cm³/mol. The Bertz CT molecular complexity index is 1100. The van der Waals surface area contributed by atoms with Crippen LogP contribution >= 0.6 is 11.6 Å². The highest BCUT2D eigenvalue weighted by molar-refractivity contribution is 6.30. The van der Waals surface area contributed by atoms with Crippen molar-refractivity contribution in [3.8, 4) is 5.75 Å². The molecule has 3 aromatic carbocycles. The second-order valence-electron chi connectivity index (χ2n) is 7.85. The number of nitrogens with zero attached hydrogens (tertiary/aromatic N) is 1. The standard InChI is InChI=1S/C26H25ClN2O3/c1-2-23(19-6-4-3-5-7-19)26(31)28-22-12-13-24-20(14-22)16-29(25(30)17-32-24)15-18-8-10-21(27)11-9-18/h3-14,23H,2,15-17H2,1H3,(H,28,31)/t23-/m0/s1. The fourth-order valence-electron chi connectivity index (χ4n) is 3.89. The fraction of sp³-hybridized carbons (Fsp3) is 0.231. The van der Waals surface area contributed by atoms with E-state index in [2.05, 4.69) is 5.32 Å². The highest BCUT2D eigenvalue weighted by Crippen LogP contribution is 2.29. The van der Waals surface area contributed by atoms with Crippen molar-refractivity contribution in [2.24, 2.45) is 0 Å². The van der Waals surface area contributed by atoms with Gasteiger partial charge in [0, 0.05) is 29.4 Å². The number of hydrogen-bond donors (Lipinski definition) is 1. The van der Waals surface area contributed by atoms with Crippen molar-refractivity contribution < 1.29 is 14.3 Å². The Labute approximate surface area is 193 Å². The molecule has 1 heterocycles. The van der Waals surface area contributed by atoms with Crippen LogP contribution in [0.25, 0.3) is 0 Å². The van der Waals surface area contributed by atoms with Gasteiger partial charge in [-0.3, -0.25) is 9.59 Å². The molecule has 0 saturated carbocycles. The van der Waals surface area contributed by atoms with Crippen LogP contribution in [0.2, 0.25) is 5.02 Å². The summed E-state index contributed by atoms with van der Waals surface area (Å²) in [5.74, 6) is 0.290. The third kappa shape index (κ3) is 5.11. The van der Waals surface area contributed by atoms with Crippen LogP contribution in [0.15, 0.2) is 72.8 Å². The van der Waals surface area contributed by atoms with E-state index < -0.39 is 0 Å². The van der Waals surface area contributed by atoms with Crippen molar-refractivity contribution in [1.29, 1.82) is 0 Å². The van der Waals surface area contributed by atoms with Crippen molar-refractivity contribution in [3.63, 3.8) is 0 Å². The molecule has 32 heavy (non-hydrogen) atoms. The van der Waals surface area contributed by atoms with Gasteiger partial charge in [0.25, 0.3) is 5.91 Å². The number of anilines is 1. The molecule has 1 atom stereocenters. The summed E-state index contributed by atoms with van der Waals surface area (Å²) in [6.07, 6.45) is 0.702. The molecule has 4 rings (SSSR count). The minimum atomic E-state index is -0.228. The van der Waals surface area contributed by atoms with E-state index in [9.17, 15) is 9.59 Å². The Balaban J connectivity index is 1.51. The lowest BCUT2D eigenvalue weighted by Crippen LogP contribution is -2.31. The summed E-state index contributed by atoms with van der Waals surface area (Å²) in [7, 11) is 0. The van der Waals surface area contributed by atoms with E-state index >= 15 is 0 Å². The molecule has 164 valence electrons. The molecule has 0 fully saturated rings. The maximum absolute atomic E-state index is 12.9. The number of hydrogen-bond acceptors (Lipinski definition) is 3. The zero-order chi connectivity index (χ0) is 22.5. The number of benzene rings is 3. The van der Waals surface area contributed by atoms with E-state index in [0.717, 1.165) is 16.7 Å². The number of carbonyl (C=O) groups excluding carboxylic acids is 2. The van der Waals surface area contributed by atoms with Crippen molar-refractivity contribution in [2.45, 2.75) is 32.4 Å². The summed E-state index contributed by atoms with van der Waals surface area (Å²) >= 11 is 5.97. The number of ether oxygens (including phenoxy) is 1. The van der Waals surface area contributed by atoms with Crippen LogP contribution in [0, 0.1) is 0 Å². The number of nitrogens with one attached hydrogen (secondary N) is 1. The lowest BCUT2D eigenvalue weighted by Gasteiger charge is -2.20. The summed E-state index contributed by atoms with van der Waals surface area (Å²) in [4.78, 5) is 27.3. The molecule has 2 amide bonds. The minimum Gasteiger partial charge on any atom is -0.483 e. The highest BCUT2D eigenvalue weighted by atomic mass is 35.5. The monoisotopic (exact) mass is 448 g/mol. The molecule has 1 aliphatic rings. The topological polar surface area (TPSA) is 58.6 Å². The van der Waals surface area contributed by atoms with Gasteiger partial charge < -0.3 is 15.0 Å². The summed E-state index contributed by atoms with van der Waals surface area (Å²) in [6.45, 7) is 2.85. The molecule has 1 N–H and O–H groups in total. The van der Waals surface area contributed by atoms with E-state index in [1.807, 2.05) is 79.7 Å². The van der Waals surface area contributed by atoms with Gasteiger partial charge in [-0.2, -0.15) is 0 Å². The van der Waals surface area contributed by atoms with Gasteiger partial charge in [-0.25, -0.2) is 0 Å². The van der Waals surface area contributed by atoms with Gasteiger partial charge in [0.15, 0.2) is 6.61 Å². The van der Waals surface area contributed by atoms with E-state index in [1.54, 1.807) is 4.90 Å². The largest absolute Gasteiger partial charge is 0.483 e. The number of carbonyl (C=O) groups is 2. The molecule has 0 aromatic heterocycles. The number of rotatable bonds is 6. The van der Waals surface area contributed by atoms with Crippen LogP contribution in [0.1, 0.15) is 36.0 Å². The molecule has 0 unspecified atom stereocenters. The van der Waals surface area contributed by atoms with E-state index in [1.165, 1.54) is 0 Å². The predicted octanol–water partition coefficient (Wildman–Crippen LogP) is 5.39. The first-order chi connectivity index (χ1) is 15.5. The maximum atomic E-state index is 12.9. The van der Waals surface area contributed by atoms with Gasteiger partial charge in [-0.05, 0) is 47.9 Å². The maximum Gasteiger partial charge on any atom is 0.261 e. The first kappa shape index (κ1) is 21.9. The van der Waals surface area contributed by atoms with Crippen molar-refractivity contribution in [1.82, 2.24) is 4.90 Å². The Kier molecular flexibility index (Phi) is 6.76. The second kappa shape index (κ2) is 9.88. The molecule has 0 bridgehead atoms. The van der Waals surface area contributed by atoms with Gasteiger partial charge in [-0.15, -0.1) is 0 Å².